The fourth-order valence-electron chi connectivity index (χ4n) is 2.99. The second kappa shape index (κ2) is 11.3. The summed E-state index contributed by atoms with van der Waals surface area (Å²) in [6.07, 6.45) is 10.3. The molecule has 1 aromatic heterocycles. The molecule has 1 aromatic carbocycles. The Hall–Kier alpha value is -2.36. The number of nitrogens with zero attached hydrogens (tertiary/aromatic N) is 1. The lowest BCUT2D eigenvalue weighted by Crippen LogP contribution is -2.24. The molecule has 4 heteroatoms. The van der Waals surface area contributed by atoms with Crippen LogP contribution in [0.3, 0.4) is 0 Å². The summed E-state index contributed by atoms with van der Waals surface area (Å²) < 4.78 is 5.37. The molecule has 1 heterocycles. The molecule has 1 amide bonds. The van der Waals surface area contributed by atoms with Crippen LogP contribution in [0.2, 0.25) is 0 Å². The molecular formula is C22H30N2O2. The molecule has 0 aliphatic heterocycles. The van der Waals surface area contributed by atoms with E-state index in [0.29, 0.717) is 12.2 Å². The first kappa shape index (κ1) is 20.0. The van der Waals surface area contributed by atoms with Gasteiger partial charge < -0.3 is 10.1 Å². The molecule has 140 valence electrons. The fourth-order valence-corrected chi connectivity index (χ4v) is 2.99. The number of aromatic nitrogens is 1. The third-order valence-electron chi connectivity index (χ3n) is 4.55. The minimum atomic E-state index is -0.146. The zero-order valence-corrected chi connectivity index (χ0v) is 16.0. The van der Waals surface area contributed by atoms with Crippen LogP contribution in [0.4, 0.5) is 0 Å². The van der Waals surface area contributed by atoms with Crippen LogP contribution in [0.25, 0.3) is 0 Å². The van der Waals surface area contributed by atoms with Gasteiger partial charge in [0.15, 0.2) is 0 Å². The van der Waals surface area contributed by atoms with Crippen LogP contribution in [0.15, 0.2) is 42.6 Å². The lowest BCUT2D eigenvalue weighted by molar-refractivity contribution is 0.0946. The van der Waals surface area contributed by atoms with E-state index >= 15 is 0 Å². The maximum Gasteiger partial charge on any atom is 0.270 e. The van der Waals surface area contributed by atoms with E-state index < -0.39 is 0 Å². The Kier molecular flexibility index (Phi) is 8.67. The summed E-state index contributed by atoms with van der Waals surface area (Å²) in [5.41, 5.74) is 2.84. The Balaban J connectivity index is 1.92. The quantitative estimate of drug-likeness (QED) is 0.583. The number of carbonyl (C=O) groups is 1. The van der Waals surface area contributed by atoms with E-state index in [2.05, 4.69) is 23.3 Å². The number of amides is 1. The second-order valence-electron chi connectivity index (χ2n) is 6.55. The fraction of sp³-hybridized carbons (Fsp3) is 0.455. The minimum absolute atomic E-state index is 0.146. The number of unbranched alkanes of at least 4 members (excludes halogenated alkanes) is 5. The molecule has 0 saturated heterocycles. The molecule has 26 heavy (non-hydrogen) atoms. The van der Waals surface area contributed by atoms with Gasteiger partial charge in [-0.1, -0.05) is 51.2 Å². The summed E-state index contributed by atoms with van der Waals surface area (Å²) in [7, 11) is 1.69. The van der Waals surface area contributed by atoms with Crippen LogP contribution >= 0.6 is 0 Å². The summed E-state index contributed by atoms with van der Waals surface area (Å²) in [5, 5.41) is 2.97. The average Bonchev–Trinajstić information content (AvgIpc) is 2.69. The standard InChI is InChI=1S/C22H30N2O2/c1-3-4-5-6-7-8-11-18-16-20(26-2)14-13-19(18)17-24-22(25)21-12-9-10-15-23-21/h9-10,12-16H,3-8,11,17H2,1-2H3,(H,24,25). The van der Waals surface area contributed by atoms with Gasteiger partial charge in [-0.25, -0.2) is 0 Å². The Morgan fingerprint density at radius 2 is 1.85 bits per heavy atom. The smallest absolute Gasteiger partial charge is 0.270 e. The molecule has 2 aromatic rings. The van der Waals surface area contributed by atoms with Crippen LogP contribution < -0.4 is 10.1 Å². The summed E-state index contributed by atoms with van der Waals surface area (Å²) in [5.74, 6) is 0.720. The summed E-state index contributed by atoms with van der Waals surface area (Å²) in [6.45, 7) is 2.74. The van der Waals surface area contributed by atoms with E-state index in [1.807, 2.05) is 18.2 Å². The van der Waals surface area contributed by atoms with Crippen molar-refractivity contribution in [2.75, 3.05) is 7.11 Å². The molecule has 0 saturated carbocycles. The Morgan fingerprint density at radius 1 is 1.04 bits per heavy atom. The number of nitrogens with one attached hydrogen (secondary N) is 1. The van der Waals surface area contributed by atoms with Crippen molar-refractivity contribution in [3.8, 4) is 5.75 Å². The first-order chi connectivity index (χ1) is 12.7. The number of methoxy groups -OCH3 is 1. The highest BCUT2D eigenvalue weighted by Crippen LogP contribution is 2.20. The van der Waals surface area contributed by atoms with Crippen molar-refractivity contribution in [1.29, 1.82) is 0 Å². The molecular weight excluding hydrogens is 324 g/mol. The van der Waals surface area contributed by atoms with Crippen LogP contribution in [0, 0.1) is 0 Å². The second-order valence-corrected chi connectivity index (χ2v) is 6.55. The van der Waals surface area contributed by atoms with Gasteiger partial charge in [-0.05, 0) is 48.2 Å². The number of hydrogen-bond donors (Lipinski definition) is 1. The Morgan fingerprint density at radius 3 is 2.58 bits per heavy atom. The van der Waals surface area contributed by atoms with E-state index in [0.717, 1.165) is 24.2 Å². The van der Waals surface area contributed by atoms with Gasteiger partial charge in [0.2, 0.25) is 0 Å². The van der Waals surface area contributed by atoms with Gasteiger partial charge in [-0.3, -0.25) is 9.78 Å². The highest BCUT2D eigenvalue weighted by atomic mass is 16.5. The number of rotatable bonds is 11. The highest BCUT2D eigenvalue weighted by molar-refractivity contribution is 5.92. The topological polar surface area (TPSA) is 51.2 Å². The zero-order valence-electron chi connectivity index (χ0n) is 16.0. The monoisotopic (exact) mass is 354 g/mol. The van der Waals surface area contributed by atoms with Crippen molar-refractivity contribution in [3.63, 3.8) is 0 Å². The van der Waals surface area contributed by atoms with E-state index in [1.165, 1.54) is 37.7 Å². The molecule has 0 fully saturated rings. The summed E-state index contributed by atoms with van der Waals surface area (Å²) in [6, 6.07) is 11.4. The van der Waals surface area contributed by atoms with Crippen molar-refractivity contribution in [1.82, 2.24) is 10.3 Å². The van der Waals surface area contributed by atoms with Gasteiger partial charge in [0.05, 0.1) is 7.11 Å². The predicted octanol–water partition coefficient (Wildman–Crippen LogP) is 4.92. The first-order valence-corrected chi connectivity index (χ1v) is 9.59. The Labute approximate surface area is 157 Å². The van der Waals surface area contributed by atoms with Crippen LogP contribution in [0.5, 0.6) is 5.75 Å². The molecule has 0 spiro atoms. The number of carbonyl (C=O) groups excluding carboxylic acids is 1. The lowest BCUT2D eigenvalue weighted by Gasteiger charge is -2.13. The molecule has 0 bridgehead atoms. The van der Waals surface area contributed by atoms with Crippen molar-refractivity contribution in [3.05, 3.63) is 59.4 Å². The van der Waals surface area contributed by atoms with E-state index in [1.54, 1.807) is 25.4 Å². The first-order valence-electron chi connectivity index (χ1n) is 9.59. The molecule has 1 N–H and O–H groups in total. The third-order valence-corrected chi connectivity index (χ3v) is 4.55. The molecule has 2 rings (SSSR count). The van der Waals surface area contributed by atoms with Gasteiger partial charge in [-0.15, -0.1) is 0 Å². The molecule has 0 unspecified atom stereocenters. The number of pyridine rings is 1. The highest BCUT2D eigenvalue weighted by Gasteiger charge is 2.09. The van der Waals surface area contributed by atoms with Crippen molar-refractivity contribution in [2.45, 2.75) is 58.4 Å². The minimum Gasteiger partial charge on any atom is -0.497 e. The number of hydrogen-bond acceptors (Lipinski definition) is 3. The summed E-state index contributed by atoms with van der Waals surface area (Å²) in [4.78, 5) is 16.3. The van der Waals surface area contributed by atoms with Crippen LogP contribution in [-0.4, -0.2) is 18.0 Å². The number of benzene rings is 1. The Bertz CT molecular complexity index is 671. The van der Waals surface area contributed by atoms with Gasteiger partial charge in [0.25, 0.3) is 5.91 Å². The van der Waals surface area contributed by atoms with Crippen molar-refractivity contribution < 1.29 is 9.53 Å². The lowest BCUT2D eigenvalue weighted by atomic mass is 10.00. The van der Waals surface area contributed by atoms with Gasteiger partial charge >= 0.3 is 0 Å². The zero-order chi connectivity index (χ0) is 18.6. The van der Waals surface area contributed by atoms with Crippen molar-refractivity contribution >= 4 is 5.91 Å². The van der Waals surface area contributed by atoms with Crippen LogP contribution in [0.1, 0.15) is 67.1 Å². The largest absolute Gasteiger partial charge is 0.497 e. The average molecular weight is 354 g/mol. The molecule has 0 aliphatic rings. The SMILES string of the molecule is CCCCCCCCc1cc(OC)ccc1CNC(=O)c1ccccn1. The number of ether oxygens (including phenoxy) is 1. The maximum absolute atomic E-state index is 12.2. The van der Waals surface area contributed by atoms with Gasteiger partial charge in [0, 0.05) is 12.7 Å². The van der Waals surface area contributed by atoms with Crippen LogP contribution in [-0.2, 0) is 13.0 Å². The molecule has 0 aliphatic carbocycles. The normalized spacial score (nSPS) is 10.5. The van der Waals surface area contributed by atoms with Gasteiger partial charge in [0.1, 0.15) is 11.4 Å². The third kappa shape index (κ3) is 6.51. The maximum atomic E-state index is 12.2. The van der Waals surface area contributed by atoms with Gasteiger partial charge in [-0.2, -0.15) is 0 Å². The number of aryl methyl sites for hydroxylation is 1. The van der Waals surface area contributed by atoms with E-state index in [-0.39, 0.29) is 5.91 Å². The summed E-state index contributed by atoms with van der Waals surface area (Å²) >= 11 is 0. The van der Waals surface area contributed by atoms with Crippen molar-refractivity contribution in [2.24, 2.45) is 0 Å². The molecule has 0 radical (unpaired) electrons. The van der Waals surface area contributed by atoms with E-state index in [4.69, 9.17) is 4.74 Å². The molecule has 0 atom stereocenters. The molecule has 4 nitrogen and oxygen atoms in total. The predicted molar refractivity (Wildman–Crippen MR) is 105 cm³/mol. The van der Waals surface area contributed by atoms with E-state index in [9.17, 15) is 4.79 Å².